The second-order valence-electron chi connectivity index (χ2n) is 15.6. The number of allylic oxidation sites excluding steroid dienone is 2. The second-order valence-corrected chi connectivity index (χ2v) is 15.6. The summed E-state index contributed by atoms with van der Waals surface area (Å²) < 4.78 is 0. The summed E-state index contributed by atoms with van der Waals surface area (Å²) in [4.78, 5) is 30.5. The van der Waals surface area contributed by atoms with E-state index in [0.29, 0.717) is 49.8 Å². The summed E-state index contributed by atoms with van der Waals surface area (Å²) in [5.74, 6) is -0.212. The first kappa shape index (κ1) is 37.2. The third-order valence-electron chi connectivity index (χ3n) is 11.5. The lowest BCUT2D eigenvalue weighted by Crippen LogP contribution is -2.55. The van der Waals surface area contributed by atoms with Gasteiger partial charge in [-0.1, -0.05) is 116 Å². The molecule has 0 aliphatic heterocycles. The lowest BCUT2D eigenvalue weighted by atomic mass is 9.64. The molecule has 6 nitrogen and oxygen atoms in total. The topological polar surface area (TPSA) is 89.9 Å². The van der Waals surface area contributed by atoms with Crippen molar-refractivity contribution in [3.63, 3.8) is 0 Å². The first-order valence-electron chi connectivity index (χ1n) is 18.9. The highest BCUT2D eigenvalue weighted by Gasteiger charge is 2.57. The minimum atomic E-state index is -1.23. The van der Waals surface area contributed by atoms with Gasteiger partial charge in [-0.25, -0.2) is 4.79 Å². The molecule has 0 unspecified atom stereocenters. The Morgan fingerprint density at radius 2 is 1.58 bits per heavy atom. The number of fused-ring (bicyclic) bond motifs is 8. The van der Waals surface area contributed by atoms with Crippen molar-refractivity contribution < 1.29 is 19.8 Å². The monoisotopic (exact) mass is 698 g/mol. The van der Waals surface area contributed by atoms with E-state index in [1.807, 2.05) is 105 Å². The number of rotatable bonds is 8. The van der Waals surface area contributed by atoms with Crippen LogP contribution in [0.1, 0.15) is 105 Å². The van der Waals surface area contributed by atoms with Crippen LogP contribution in [0.5, 0.6) is 0 Å². The summed E-state index contributed by atoms with van der Waals surface area (Å²) in [6, 6.07) is 33.6. The van der Waals surface area contributed by atoms with Crippen LogP contribution >= 0.6 is 0 Å². The smallest absolute Gasteiger partial charge is 0.317 e. The second kappa shape index (κ2) is 16.0. The van der Waals surface area contributed by atoms with Gasteiger partial charge in [0.05, 0.1) is 18.2 Å². The SMILES string of the molecule is CC1=CCC[C@@]2(C)[C@@H](CC[C@@]2(O)CN(Cc2ccccc2)C(=O)NC(C)C)c2ccc(cc2C(=O)c2ccccc2-c2ccccc2)C[C@@H](O)CC1. The van der Waals surface area contributed by atoms with Crippen molar-refractivity contribution in [1.29, 1.82) is 0 Å². The van der Waals surface area contributed by atoms with Crippen molar-refractivity contribution in [1.82, 2.24) is 10.2 Å². The van der Waals surface area contributed by atoms with Crippen LogP contribution in [-0.2, 0) is 13.0 Å². The molecule has 3 aliphatic rings. The number of aliphatic hydroxyl groups excluding tert-OH is 1. The fourth-order valence-electron chi connectivity index (χ4n) is 8.55. The molecular formula is C46H54N2O4. The average molecular weight is 699 g/mol. The van der Waals surface area contributed by atoms with Gasteiger partial charge >= 0.3 is 6.03 Å². The van der Waals surface area contributed by atoms with Gasteiger partial charge in [-0.15, -0.1) is 0 Å². The summed E-state index contributed by atoms with van der Waals surface area (Å²) in [6.07, 6.45) is 6.17. The van der Waals surface area contributed by atoms with E-state index < -0.39 is 17.1 Å². The average Bonchev–Trinajstić information content (AvgIpc) is 3.39. The Labute approximate surface area is 309 Å². The van der Waals surface area contributed by atoms with Gasteiger partial charge < -0.3 is 20.4 Å². The normalized spacial score (nSPS) is 23.4. The molecule has 0 spiro atoms. The molecule has 4 aromatic rings. The fraction of sp³-hybridized carbons (Fsp3) is 0.391. The van der Waals surface area contributed by atoms with Gasteiger partial charge in [0.15, 0.2) is 5.78 Å². The van der Waals surface area contributed by atoms with Crippen LogP contribution < -0.4 is 5.32 Å². The van der Waals surface area contributed by atoms with Gasteiger partial charge in [0, 0.05) is 29.1 Å². The van der Waals surface area contributed by atoms with Gasteiger partial charge in [-0.3, -0.25) is 4.79 Å². The third-order valence-corrected chi connectivity index (χ3v) is 11.5. The van der Waals surface area contributed by atoms with Crippen molar-refractivity contribution in [2.75, 3.05) is 6.54 Å². The van der Waals surface area contributed by atoms with Gasteiger partial charge in [0.1, 0.15) is 0 Å². The van der Waals surface area contributed by atoms with Gasteiger partial charge in [0.25, 0.3) is 0 Å². The van der Waals surface area contributed by atoms with E-state index in [-0.39, 0.29) is 30.3 Å². The van der Waals surface area contributed by atoms with Gasteiger partial charge in [-0.2, -0.15) is 0 Å². The number of carbonyl (C=O) groups is 2. The van der Waals surface area contributed by atoms with E-state index in [4.69, 9.17) is 0 Å². The molecule has 3 N–H and O–H groups in total. The van der Waals surface area contributed by atoms with Crippen molar-refractivity contribution >= 4 is 11.8 Å². The molecule has 1 saturated carbocycles. The Kier molecular flexibility index (Phi) is 11.5. The van der Waals surface area contributed by atoms with Crippen LogP contribution in [0.3, 0.4) is 0 Å². The lowest BCUT2D eigenvalue weighted by Gasteiger charge is -2.46. The summed E-state index contributed by atoms with van der Waals surface area (Å²) in [5, 5.41) is 27.2. The number of amides is 2. The Bertz CT molecular complexity index is 1890. The van der Waals surface area contributed by atoms with Crippen LogP contribution in [0.4, 0.5) is 4.79 Å². The molecule has 0 heterocycles. The Morgan fingerprint density at radius 3 is 2.31 bits per heavy atom. The summed E-state index contributed by atoms with van der Waals surface area (Å²) in [6.45, 7) is 8.73. The van der Waals surface area contributed by atoms with Crippen molar-refractivity contribution in [3.8, 4) is 11.1 Å². The molecule has 7 rings (SSSR count). The van der Waals surface area contributed by atoms with Crippen LogP contribution in [0.25, 0.3) is 11.1 Å². The maximum Gasteiger partial charge on any atom is 0.317 e. The molecule has 0 radical (unpaired) electrons. The summed E-state index contributed by atoms with van der Waals surface area (Å²) >= 11 is 0. The number of nitrogens with one attached hydrogen (secondary N) is 1. The summed E-state index contributed by atoms with van der Waals surface area (Å²) in [5.41, 5.74) is 5.26. The maximum absolute atomic E-state index is 14.9. The highest BCUT2D eigenvalue weighted by Crippen LogP contribution is 2.59. The van der Waals surface area contributed by atoms with Crippen molar-refractivity contribution in [2.45, 2.75) is 103 Å². The Balaban J connectivity index is 1.46. The number of urea groups is 1. The molecule has 2 amide bonds. The van der Waals surface area contributed by atoms with Crippen LogP contribution in [0.15, 0.2) is 115 Å². The lowest BCUT2D eigenvalue weighted by molar-refractivity contribution is -0.0781. The standard InChI is InChI=1S/C46H54N2O4/c1-32(2)47-44(51)48(30-34-15-7-5-8-16-34)31-46(52)27-25-42-39-24-22-35(28-37(49)23-21-33(3)14-13-26-45(42,46)4)29-41(39)43(50)40-20-12-11-19-38(40)36-17-9-6-10-18-36/h5-12,14-20,22,24,29,32,37,42,49,52H,13,21,23,25-28,30-31H2,1-4H3,(H,47,51)/t37-,42-,45-,46+/m0/s1. The van der Waals surface area contributed by atoms with Gasteiger partial charge in [0.2, 0.25) is 0 Å². The quantitative estimate of drug-likeness (QED) is 0.126. The number of benzene rings is 4. The van der Waals surface area contributed by atoms with Gasteiger partial charge in [-0.05, 0) is 106 Å². The van der Waals surface area contributed by atoms with E-state index in [2.05, 4.69) is 37.4 Å². The highest BCUT2D eigenvalue weighted by atomic mass is 16.3. The molecule has 52 heavy (non-hydrogen) atoms. The molecule has 0 aromatic heterocycles. The van der Waals surface area contributed by atoms with E-state index in [0.717, 1.165) is 40.7 Å². The first-order valence-corrected chi connectivity index (χ1v) is 18.9. The fourth-order valence-corrected chi connectivity index (χ4v) is 8.55. The van der Waals surface area contributed by atoms with E-state index in [1.165, 1.54) is 5.57 Å². The largest absolute Gasteiger partial charge is 0.393 e. The number of hydrogen-bond acceptors (Lipinski definition) is 4. The van der Waals surface area contributed by atoms with E-state index in [1.54, 1.807) is 4.90 Å². The predicted molar refractivity (Wildman–Crippen MR) is 209 cm³/mol. The molecule has 4 atom stereocenters. The predicted octanol–water partition coefficient (Wildman–Crippen LogP) is 9.24. The molecule has 6 heteroatoms. The molecule has 4 aromatic carbocycles. The van der Waals surface area contributed by atoms with Crippen LogP contribution in [0.2, 0.25) is 0 Å². The number of ketones is 1. The zero-order valence-electron chi connectivity index (χ0n) is 31.1. The van der Waals surface area contributed by atoms with Crippen molar-refractivity contribution in [3.05, 3.63) is 143 Å². The van der Waals surface area contributed by atoms with Crippen LogP contribution in [-0.4, -0.2) is 51.2 Å². The number of nitrogens with zero attached hydrogens (tertiary/aromatic N) is 1. The highest BCUT2D eigenvalue weighted by molar-refractivity contribution is 6.13. The third kappa shape index (κ3) is 8.09. The Morgan fingerprint density at radius 1 is 0.885 bits per heavy atom. The zero-order chi connectivity index (χ0) is 36.9. The number of aliphatic hydroxyl groups is 2. The number of hydrogen-bond donors (Lipinski definition) is 3. The van der Waals surface area contributed by atoms with Crippen molar-refractivity contribution in [2.24, 2.45) is 5.41 Å². The minimum absolute atomic E-state index is 0.0563. The van der Waals surface area contributed by atoms with E-state index in [9.17, 15) is 19.8 Å². The maximum atomic E-state index is 14.9. The molecule has 1 fully saturated rings. The molecule has 272 valence electrons. The number of carbonyl (C=O) groups excluding carboxylic acids is 2. The molecule has 3 aliphatic carbocycles. The minimum Gasteiger partial charge on any atom is -0.393 e. The Hall–Kier alpha value is -4.52. The molecular weight excluding hydrogens is 645 g/mol. The van der Waals surface area contributed by atoms with E-state index >= 15 is 0 Å². The summed E-state index contributed by atoms with van der Waals surface area (Å²) in [7, 11) is 0. The van der Waals surface area contributed by atoms with Crippen LogP contribution in [0, 0.1) is 5.41 Å². The first-order chi connectivity index (χ1) is 25.0. The zero-order valence-corrected chi connectivity index (χ0v) is 31.1. The molecule has 0 saturated heterocycles. The molecule has 2 bridgehead atoms.